The van der Waals surface area contributed by atoms with Gasteiger partial charge in [0.15, 0.2) is 0 Å². The van der Waals surface area contributed by atoms with Crippen LogP contribution in [0.2, 0.25) is 0 Å². The third-order valence-corrected chi connectivity index (χ3v) is 5.13. The molecule has 1 N–H and O–H groups in total. The third kappa shape index (κ3) is 6.21. The number of hydrogen-bond acceptors (Lipinski definition) is 8. The number of hydrogen-bond donors (Lipinski definition) is 1. The van der Waals surface area contributed by atoms with Gasteiger partial charge < -0.3 is 24.3 Å². The maximum absolute atomic E-state index is 12.6. The van der Waals surface area contributed by atoms with E-state index in [4.69, 9.17) is 18.9 Å². The van der Waals surface area contributed by atoms with Crippen LogP contribution in [0.5, 0.6) is 23.1 Å². The Morgan fingerprint density at radius 2 is 1.73 bits per heavy atom. The van der Waals surface area contributed by atoms with E-state index < -0.39 is 10.8 Å². The van der Waals surface area contributed by atoms with Gasteiger partial charge in [0, 0.05) is 23.7 Å². The molecule has 30 heavy (non-hydrogen) atoms. The van der Waals surface area contributed by atoms with Gasteiger partial charge in [-0.25, -0.2) is 4.98 Å². The molecule has 0 amide bonds. The van der Waals surface area contributed by atoms with E-state index in [1.807, 2.05) is 0 Å². The van der Waals surface area contributed by atoms with E-state index in [1.165, 1.54) is 14.0 Å². The minimum absolute atomic E-state index is 0.0173. The second-order valence-corrected chi connectivity index (χ2v) is 7.55. The summed E-state index contributed by atoms with van der Waals surface area (Å²) in [5, 5.41) is 4.55. The van der Waals surface area contributed by atoms with Gasteiger partial charge in [0.2, 0.25) is 5.88 Å². The molecule has 1 aromatic carbocycles. The molecule has 0 aliphatic carbocycles. The summed E-state index contributed by atoms with van der Waals surface area (Å²) in [6.45, 7) is 1.64. The number of nitrogens with one attached hydrogen (secondary N) is 1. The first-order valence-corrected chi connectivity index (χ1v) is 10.4. The number of carbonyl (C=O) groups excluding carboxylic acids is 1. The Morgan fingerprint density at radius 3 is 2.27 bits per heavy atom. The van der Waals surface area contributed by atoms with E-state index >= 15 is 0 Å². The first-order chi connectivity index (χ1) is 14.4. The highest BCUT2D eigenvalue weighted by Crippen LogP contribution is 2.35. The zero-order valence-corrected chi connectivity index (χ0v) is 18.5. The van der Waals surface area contributed by atoms with Crippen LogP contribution in [-0.4, -0.2) is 50.0 Å². The SMILES string of the molecule is COc1cc(OC)c(/C=C/S(=O)Cc2cnc(OC)c(NCC(C)=O)c2)c(OC)c1. The average Bonchev–Trinajstić information content (AvgIpc) is 2.75. The van der Waals surface area contributed by atoms with Crippen molar-refractivity contribution in [1.29, 1.82) is 0 Å². The van der Waals surface area contributed by atoms with Crippen LogP contribution in [0.15, 0.2) is 29.8 Å². The van der Waals surface area contributed by atoms with Gasteiger partial charge in [-0.05, 0) is 24.6 Å². The molecule has 1 aromatic heterocycles. The molecule has 162 valence electrons. The molecule has 0 spiro atoms. The summed E-state index contributed by atoms with van der Waals surface area (Å²) in [5.74, 6) is 2.27. The summed E-state index contributed by atoms with van der Waals surface area (Å²) < 4.78 is 33.9. The molecule has 0 radical (unpaired) electrons. The van der Waals surface area contributed by atoms with Crippen molar-refractivity contribution in [1.82, 2.24) is 4.98 Å². The second-order valence-electron chi connectivity index (χ2n) is 6.23. The van der Waals surface area contributed by atoms with Crippen molar-refractivity contribution in [2.45, 2.75) is 12.7 Å². The standard InChI is InChI=1S/C21H26N2O6S/c1-14(24)11-22-18-8-15(12-23-21(18)29-5)13-30(25)7-6-17-19(27-3)9-16(26-2)10-20(17)28-4/h6-10,12,22H,11,13H2,1-5H3/b7-6+. The maximum atomic E-state index is 12.6. The number of carbonyl (C=O) groups is 1. The van der Waals surface area contributed by atoms with Crippen LogP contribution in [0.1, 0.15) is 18.1 Å². The van der Waals surface area contributed by atoms with E-state index in [-0.39, 0.29) is 18.1 Å². The number of nitrogens with zero attached hydrogens (tertiary/aromatic N) is 1. The fourth-order valence-electron chi connectivity index (χ4n) is 2.64. The van der Waals surface area contributed by atoms with Gasteiger partial charge in [-0.3, -0.25) is 9.00 Å². The van der Waals surface area contributed by atoms with Gasteiger partial charge >= 0.3 is 0 Å². The molecule has 0 bridgehead atoms. The molecule has 2 rings (SSSR count). The van der Waals surface area contributed by atoms with Gasteiger partial charge in [0.1, 0.15) is 23.0 Å². The first-order valence-electron chi connectivity index (χ1n) is 9.03. The van der Waals surface area contributed by atoms with Crippen molar-refractivity contribution in [3.8, 4) is 23.1 Å². The monoisotopic (exact) mass is 434 g/mol. The lowest BCUT2D eigenvalue weighted by molar-refractivity contribution is -0.115. The number of anilines is 1. The normalized spacial score (nSPS) is 11.8. The number of methoxy groups -OCH3 is 4. The highest BCUT2D eigenvalue weighted by molar-refractivity contribution is 7.87. The Labute approximate surface area is 178 Å². The van der Waals surface area contributed by atoms with Crippen molar-refractivity contribution >= 4 is 28.3 Å². The predicted molar refractivity (Wildman–Crippen MR) is 117 cm³/mol. The number of rotatable bonds is 11. The highest BCUT2D eigenvalue weighted by Gasteiger charge is 2.12. The van der Waals surface area contributed by atoms with Crippen molar-refractivity contribution in [2.75, 3.05) is 40.3 Å². The molecule has 8 nitrogen and oxygen atoms in total. The summed E-state index contributed by atoms with van der Waals surface area (Å²) >= 11 is 0. The van der Waals surface area contributed by atoms with Gasteiger partial charge in [0.25, 0.3) is 0 Å². The van der Waals surface area contributed by atoms with E-state index in [0.717, 1.165) is 5.56 Å². The van der Waals surface area contributed by atoms with Crippen LogP contribution in [0.25, 0.3) is 6.08 Å². The molecule has 1 unspecified atom stereocenters. The average molecular weight is 435 g/mol. The molecule has 0 aliphatic heterocycles. The van der Waals surface area contributed by atoms with Crippen LogP contribution in [0.4, 0.5) is 5.69 Å². The second kappa shape index (κ2) is 11.2. The molecule has 2 aromatic rings. The molecular weight excluding hydrogens is 408 g/mol. The van der Waals surface area contributed by atoms with Crippen molar-refractivity contribution in [3.05, 3.63) is 40.9 Å². The third-order valence-electron chi connectivity index (χ3n) is 4.08. The Bertz CT molecular complexity index is 920. The van der Waals surface area contributed by atoms with Gasteiger partial charge in [-0.2, -0.15) is 0 Å². The van der Waals surface area contributed by atoms with E-state index in [2.05, 4.69) is 10.3 Å². The molecule has 0 saturated heterocycles. The first kappa shape index (κ1) is 23.2. The molecule has 0 fully saturated rings. The Morgan fingerprint density at radius 1 is 1.07 bits per heavy atom. The summed E-state index contributed by atoms with van der Waals surface area (Å²) in [6.07, 6.45) is 3.29. The van der Waals surface area contributed by atoms with E-state index in [0.29, 0.717) is 34.4 Å². The topological polar surface area (TPSA) is 96.0 Å². The lowest BCUT2D eigenvalue weighted by Crippen LogP contribution is -2.11. The maximum Gasteiger partial charge on any atom is 0.237 e. The number of ether oxygens (including phenoxy) is 4. The van der Waals surface area contributed by atoms with Gasteiger partial charge in [-0.1, -0.05) is 0 Å². The Hall–Kier alpha value is -3.07. The molecule has 0 aliphatic rings. The Balaban J connectivity index is 2.20. The summed E-state index contributed by atoms with van der Waals surface area (Å²) in [7, 11) is 4.81. The largest absolute Gasteiger partial charge is 0.496 e. The zero-order chi connectivity index (χ0) is 22.1. The fraction of sp³-hybridized carbons (Fsp3) is 0.333. The molecular formula is C21H26N2O6S. The number of pyridine rings is 1. The fourth-order valence-corrected chi connectivity index (χ4v) is 3.51. The van der Waals surface area contributed by atoms with Crippen molar-refractivity contribution in [2.24, 2.45) is 0 Å². The summed E-state index contributed by atoms with van der Waals surface area (Å²) in [4.78, 5) is 15.4. The highest BCUT2D eigenvalue weighted by atomic mass is 32.2. The number of benzene rings is 1. The number of ketones is 1. The number of aromatic nitrogens is 1. The summed E-state index contributed by atoms with van der Waals surface area (Å²) in [5.41, 5.74) is 1.97. The zero-order valence-electron chi connectivity index (χ0n) is 17.7. The molecule has 9 heteroatoms. The Kier molecular flexibility index (Phi) is 8.67. The number of Topliss-reactive ketones (excluding diaryl/α,β-unsaturated/α-hetero) is 1. The minimum atomic E-state index is -1.33. The van der Waals surface area contributed by atoms with Gasteiger partial charge in [-0.15, -0.1) is 0 Å². The minimum Gasteiger partial charge on any atom is -0.496 e. The quantitative estimate of drug-likeness (QED) is 0.577. The van der Waals surface area contributed by atoms with Crippen LogP contribution >= 0.6 is 0 Å². The smallest absolute Gasteiger partial charge is 0.237 e. The van der Waals surface area contributed by atoms with Crippen molar-refractivity contribution in [3.63, 3.8) is 0 Å². The van der Waals surface area contributed by atoms with Gasteiger partial charge in [0.05, 0.1) is 62.8 Å². The molecule has 1 heterocycles. The molecule has 1 atom stereocenters. The van der Waals surface area contributed by atoms with Crippen LogP contribution < -0.4 is 24.3 Å². The van der Waals surface area contributed by atoms with Crippen LogP contribution in [-0.2, 0) is 21.3 Å². The van der Waals surface area contributed by atoms with Crippen LogP contribution in [0.3, 0.4) is 0 Å². The summed E-state index contributed by atoms with van der Waals surface area (Å²) in [6, 6.07) is 5.23. The lowest BCUT2D eigenvalue weighted by atomic mass is 10.1. The van der Waals surface area contributed by atoms with Crippen LogP contribution in [0, 0.1) is 0 Å². The van der Waals surface area contributed by atoms with E-state index in [1.54, 1.807) is 57.2 Å². The van der Waals surface area contributed by atoms with E-state index in [9.17, 15) is 9.00 Å². The lowest BCUT2D eigenvalue weighted by Gasteiger charge is -2.12. The predicted octanol–water partition coefficient (Wildman–Crippen LogP) is 3.04. The van der Waals surface area contributed by atoms with Crippen molar-refractivity contribution < 1.29 is 28.0 Å². The molecule has 0 saturated carbocycles.